The van der Waals surface area contributed by atoms with Crippen molar-refractivity contribution in [2.24, 2.45) is 0 Å². The van der Waals surface area contributed by atoms with Gasteiger partial charge in [-0.3, -0.25) is 0 Å². The maximum absolute atomic E-state index is 15.2. The summed E-state index contributed by atoms with van der Waals surface area (Å²) >= 11 is 0. The van der Waals surface area contributed by atoms with E-state index in [0.717, 1.165) is 83.1 Å². The highest BCUT2D eigenvalue weighted by molar-refractivity contribution is 6.12. The largest absolute Gasteiger partial charge is 0.417 e. The molecule has 0 saturated carbocycles. The third-order valence-corrected chi connectivity index (χ3v) is 12.9. The summed E-state index contributed by atoms with van der Waals surface area (Å²) in [5.41, 5.74) is 6.58. The molecule has 0 radical (unpaired) electrons. The molecule has 330 valence electrons. The first-order valence-electron chi connectivity index (χ1n) is 21.9. The van der Waals surface area contributed by atoms with E-state index in [9.17, 15) is 5.26 Å². The van der Waals surface area contributed by atoms with Crippen molar-refractivity contribution in [2.75, 3.05) is 0 Å². The molecule has 0 aliphatic rings. The molecule has 0 atom stereocenters. The summed E-state index contributed by atoms with van der Waals surface area (Å²) in [6.07, 6.45) is -10.3. The second kappa shape index (κ2) is 15.9. The van der Waals surface area contributed by atoms with Crippen molar-refractivity contribution in [3.8, 4) is 62.0 Å². The Balaban J connectivity index is 1.24. The Kier molecular flexibility index (Phi) is 9.90. The van der Waals surface area contributed by atoms with Gasteiger partial charge in [0.2, 0.25) is 0 Å². The summed E-state index contributed by atoms with van der Waals surface area (Å²) in [7, 11) is 0. The molecule has 0 aliphatic carbocycles. The van der Waals surface area contributed by atoms with E-state index in [1.54, 1.807) is 30.3 Å². The lowest BCUT2D eigenvalue weighted by Crippen LogP contribution is -2.14. The Morgan fingerprint density at radius 1 is 0.397 bits per heavy atom. The third-order valence-electron chi connectivity index (χ3n) is 12.9. The Morgan fingerprint density at radius 3 is 1.44 bits per heavy atom. The summed E-state index contributed by atoms with van der Waals surface area (Å²) in [4.78, 5) is 0. The number of fused-ring (bicyclic) bond motifs is 6. The van der Waals surface area contributed by atoms with Crippen molar-refractivity contribution in [1.29, 1.82) is 5.26 Å². The first-order chi connectivity index (χ1) is 32.8. The van der Waals surface area contributed by atoms with Gasteiger partial charge in [0.15, 0.2) is 0 Å². The number of benzene rings is 9. The van der Waals surface area contributed by atoms with Gasteiger partial charge in [-0.1, -0.05) is 120 Å². The van der Waals surface area contributed by atoms with Crippen LogP contribution in [0.25, 0.3) is 99.5 Å². The Morgan fingerprint density at radius 2 is 0.897 bits per heavy atom. The molecule has 9 aromatic carbocycles. The summed E-state index contributed by atoms with van der Waals surface area (Å²) in [6, 6.07) is 57.9. The predicted molar refractivity (Wildman–Crippen MR) is 261 cm³/mol. The van der Waals surface area contributed by atoms with Crippen LogP contribution in [0.2, 0.25) is 0 Å². The molecule has 11 rings (SSSR count). The number of alkyl halides is 6. The second-order valence-electron chi connectivity index (χ2n) is 17.2. The molecule has 68 heavy (non-hydrogen) atoms. The highest BCUT2D eigenvalue weighted by Gasteiger charge is 2.42. The number of nitrogens with zero attached hydrogens (tertiary/aromatic N) is 3. The fourth-order valence-corrected chi connectivity index (χ4v) is 9.94. The first-order valence-corrected chi connectivity index (χ1v) is 21.9. The van der Waals surface area contributed by atoms with Gasteiger partial charge in [-0.05, 0) is 126 Å². The fraction of sp³-hybridized carbons (Fsp3) is 0.0678. The number of hydrogen-bond acceptors (Lipinski definition) is 1. The van der Waals surface area contributed by atoms with Crippen LogP contribution in [0.3, 0.4) is 0 Å². The Labute approximate surface area is 387 Å². The van der Waals surface area contributed by atoms with Crippen LogP contribution >= 0.6 is 0 Å². The number of para-hydroxylation sites is 2. The first kappa shape index (κ1) is 42.3. The highest BCUT2D eigenvalue weighted by Crippen LogP contribution is 2.50. The van der Waals surface area contributed by atoms with Crippen LogP contribution in [-0.4, -0.2) is 9.13 Å². The molecule has 9 heteroatoms. The van der Waals surface area contributed by atoms with Gasteiger partial charge >= 0.3 is 12.4 Å². The number of hydrogen-bond donors (Lipinski definition) is 0. The number of aromatic nitrogens is 2. The Bertz CT molecular complexity index is 3850. The summed E-state index contributed by atoms with van der Waals surface area (Å²) in [6.45, 7) is 4.05. The average Bonchev–Trinajstić information content (AvgIpc) is 3.85. The molecule has 2 aromatic heterocycles. The molecule has 11 aromatic rings. The van der Waals surface area contributed by atoms with Gasteiger partial charge in [0.1, 0.15) is 0 Å². The van der Waals surface area contributed by atoms with E-state index in [4.69, 9.17) is 0 Å². The second-order valence-corrected chi connectivity index (χ2v) is 17.2. The molecule has 0 fully saturated rings. The minimum Gasteiger partial charge on any atom is -0.309 e. The van der Waals surface area contributed by atoms with Crippen LogP contribution < -0.4 is 0 Å². The number of aryl methyl sites for hydroxylation is 2. The lowest BCUT2D eigenvalue weighted by atomic mass is 9.86. The van der Waals surface area contributed by atoms with Crippen LogP contribution in [0, 0.1) is 25.2 Å². The molecule has 0 amide bonds. The van der Waals surface area contributed by atoms with Gasteiger partial charge in [-0.2, -0.15) is 31.6 Å². The zero-order chi connectivity index (χ0) is 47.1. The molecule has 2 heterocycles. The van der Waals surface area contributed by atoms with Crippen LogP contribution in [0.4, 0.5) is 26.3 Å². The highest BCUT2D eigenvalue weighted by atomic mass is 19.4. The molecule has 0 unspecified atom stereocenters. The molecule has 0 bridgehead atoms. The molecule has 3 nitrogen and oxygen atoms in total. The maximum atomic E-state index is 15.2. The average molecular weight is 902 g/mol. The van der Waals surface area contributed by atoms with E-state index in [1.807, 2.05) is 132 Å². The van der Waals surface area contributed by atoms with Gasteiger partial charge in [-0.25, -0.2) is 0 Å². The lowest BCUT2D eigenvalue weighted by Gasteiger charge is -2.23. The predicted octanol–water partition coefficient (Wildman–Crippen LogP) is 17.1. The van der Waals surface area contributed by atoms with Crippen molar-refractivity contribution in [2.45, 2.75) is 26.2 Å². The summed E-state index contributed by atoms with van der Waals surface area (Å²) in [5, 5.41) is 14.0. The fourth-order valence-electron chi connectivity index (χ4n) is 9.94. The van der Waals surface area contributed by atoms with E-state index in [-0.39, 0.29) is 22.3 Å². The van der Waals surface area contributed by atoms with Crippen LogP contribution in [0.1, 0.15) is 27.8 Å². The van der Waals surface area contributed by atoms with Gasteiger partial charge in [-0.15, -0.1) is 0 Å². The lowest BCUT2D eigenvalue weighted by molar-refractivity contribution is -0.142. The molecule has 0 saturated heterocycles. The van der Waals surface area contributed by atoms with E-state index < -0.39 is 29.0 Å². The standard InChI is InChI=1S/C59H37F6N3/c1-35-10-7-12-38(28-35)40-21-26-54-48(31-40)43-14-3-5-18-52(43)67(54)42-23-24-45(57-50(58(60,61)62)16-9-17-51(57)59(63,64)65)46(33-42)47-30-37(34-66)20-25-55(47)68-53-19-6-4-15-44(53)49-32-41(22-27-56(49)68)39-13-8-11-36(2)29-39/h3-33H,1-2H3. The van der Waals surface area contributed by atoms with E-state index in [1.165, 1.54) is 6.07 Å². The number of rotatable bonds is 6. The van der Waals surface area contributed by atoms with E-state index >= 15 is 26.3 Å². The third kappa shape index (κ3) is 7.08. The number of nitriles is 1. The molecule has 0 N–H and O–H groups in total. The normalized spacial score (nSPS) is 12.1. The minimum absolute atomic E-state index is 0.0708. The van der Waals surface area contributed by atoms with Crippen molar-refractivity contribution in [1.82, 2.24) is 9.13 Å². The SMILES string of the molecule is Cc1cccc(-c2ccc3c(c2)c2ccccc2n3-c2ccc(-c3c(C(F)(F)F)cccc3C(F)(F)F)c(-c3cc(C#N)ccc3-n3c4ccccc4c4cc(-c5cccc(C)c5)ccc43)c2)c1. The molecule has 0 aliphatic heterocycles. The van der Waals surface area contributed by atoms with Crippen molar-refractivity contribution < 1.29 is 26.3 Å². The molecular weight excluding hydrogens is 865 g/mol. The topological polar surface area (TPSA) is 33.6 Å². The summed E-state index contributed by atoms with van der Waals surface area (Å²) < 4.78 is 95.1. The van der Waals surface area contributed by atoms with Crippen molar-refractivity contribution in [3.05, 3.63) is 216 Å². The van der Waals surface area contributed by atoms with Crippen molar-refractivity contribution in [3.63, 3.8) is 0 Å². The quantitative estimate of drug-likeness (QED) is 0.153. The van der Waals surface area contributed by atoms with E-state index in [0.29, 0.717) is 23.5 Å². The molecular formula is C59H37F6N3. The van der Waals surface area contributed by atoms with Crippen molar-refractivity contribution >= 4 is 43.6 Å². The van der Waals surface area contributed by atoms with E-state index in [2.05, 4.69) is 30.3 Å². The monoisotopic (exact) mass is 901 g/mol. The zero-order valence-electron chi connectivity index (χ0n) is 36.5. The summed E-state index contributed by atoms with van der Waals surface area (Å²) in [5.74, 6) is 0. The van der Waals surface area contributed by atoms with Gasteiger partial charge in [0.05, 0.1) is 50.5 Å². The minimum atomic E-state index is -5.16. The smallest absolute Gasteiger partial charge is 0.309 e. The van der Waals surface area contributed by atoms with Gasteiger partial charge in [0, 0.05) is 38.4 Å². The van der Waals surface area contributed by atoms with Crippen LogP contribution in [0.5, 0.6) is 0 Å². The van der Waals surface area contributed by atoms with Crippen LogP contribution in [0.15, 0.2) is 188 Å². The van der Waals surface area contributed by atoms with Crippen LogP contribution in [-0.2, 0) is 12.4 Å². The van der Waals surface area contributed by atoms with Gasteiger partial charge in [0.25, 0.3) is 0 Å². The zero-order valence-corrected chi connectivity index (χ0v) is 36.5. The van der Waals surface area contributed by atoms with Gasteiger partial charge < -0.3 is 9.13 Å². The number of halogens is 6. The molecule has 0 spiro atoms. The maximum Gasteiger partial charge on any atom is 0.417 e. The Hall–Kier alpha value is -8.35.